The minimum atomic E-state index is -1.07. The fraction of sp³-hybridized carbons (Fsp3) is 0.455. The monoisotopic (exact) mass is 247 g/mol. The molecule has 1 fully saturated rings. The predicted molar refractivity (Wildman–Crippen MR) is 61.3 cm³/mol. The van der Waals surface area contributed by atoms with Gasteiger partial charge >= 0.3 is 0 Å². The van der Waals surface area contributed by atoms with Gasteiger partial charge in [-0.05, 0) is 25.5 Å². The van der Waals surface area contributed by atoms with Gasteiger partial charge in [-0.2, -0.15) is 4.98 Å². The van der Waals surface area contributed by atoms with Gasteiger partial charge in [-0.15, -0.1) is 0 Å². The first-order valence-corrected chi connectivity index (χ1v) is 5.82. The molecular weight excluding hydrogens is 234 g/mol. The Balaban J connectivity index is 1.89. The first-order valence-electron chi connectivity index (χ1n) is 5.82. The number of hydrogen-bond donors (Lipinski definition) is 2. The molecule has 2 N–H and O–H groups in total. The molecule has 0 saturated carbocycles. The lowest BCUT2D eigenvalue weighted by Gasteiger charge is -2.28. The second-order valence-electron chi connectivity index (χ2n) is 4.33. The van der Waals surface area contributed by atoms with Crippen molar-refractivity contribution >= 4 is 0 Å². The third-order valence-electron chi connectivity index (χ3n) is 3.00. The van der Waals surface area contributed by atoms with E-state index < -0.39 is 5.60 Å². The van der Waals surface area contributed by atoms with Gasteiger partial charge in [0.15, 0.2) is 5.60 Å². The number of aromatic nitrogens is 4. The third-order valence-corrected chi connectivity index (χ3v) is 3.00. The van der Waals surface area contributed by atoms with Gasteiger partial charge in [0, 0.05) is 12.7 Å². The van der Waals surface area contributed by atoms with E-state index in [-0.39, 0.29) is 5.89 Å². The summed E-state index contributed by atoms with van der Waals surface area (Å²) >= 11 is 0. The van der Waals surface area contributed by atoms with Crippen LogP contribution in [0.3, 0.4) is 0 Å². The van der Waals surface area contributed by atoms with Crippen LogP contribution < -0.4 is 5.32 Å². The summed E-state index contributed by atoms with van der Waals surface area (Å²) in [4.78, 5) is 12.1. The standard InChI is InChI=1S/C11H13N5O2/c17-11(3-1-4-12-6-11)10-15-9(16-18-10)8-2-5-13-7-14-8/h2,5,7,12,17H,1,3-4,6H2. The summed E-state index contributed by atoms with van der Waals surface area (Å²) in [6.07, 6.45) is 4.52. The molecule has 1 atom stereocenters. The van der Waals surface area contributed by atoms with E-state index in [0.29, 0.717) is 24.5 Å². The maximum Gasteiger partial charge on any atom is 0.260 e. The quantitative estimate of drug-likeness (QED) is 0.776. The highest BCUT2D eigenvalue weighted by Gasteiger charge is 2.37. The number of piperidine rings is 1. The van der Waals surface area contributed by atoms with Crippen molar-refractivity contribution < 1.29 is 9.63 Å². The van der Waals surface area contributed by atoms with E-state index >= 15 is 0 Å². The Bertz CT molecular complexity index is 521. The van der Waals surface area contributed by atoms with Gasteiger partial charge < -0.3 is 14.9 Å². The SMILES string of the molecule is OC1(c2nc(-c3ccncn3)no2)CCCNC1. The molecule has 0 radical (unpaired) electrons. The van der Waals surface area contributed by atoms with Crippen molar-refractivity contribution in [2.75, 3.05) is 13.1 Å². The van der Waals surface area contributed by atoms with Crippen molar-refractivity contribution in [3.05, 3.63) is 24.5 Å². The van der Waals surface area contributed by atoms with Crippen LogP contribution in [0.25, 0.3) is 11.5 Å². The molecule has 94 valence electrons. The molecule has 0 bridgehead atoms. The number of aliphatic hydroxyl groups is 1. The average molecular weight is 247 g/mol. The van der Waals surface area contributed by atoms with Gasteiger partial charge in [-0.1, -0.05) is 5.16 Å². The molecule has 3 rings (SSSR count). The molecule has 1 aliphatic heterocycles. The predicted octanol–water partition coefficient (Wildman–Crippen LogP) is 0.0976. The molecule has 2 aromatic heterocycles. The van der Waals surface area contributed by atoms with Gasteiger partial charge in [0.1, 0.15) is 12.0 Å². The molecule has 18 heavy (non-hydrogen) atoms. The van der Waals surface area contributed by atoms with Crippen LogP contribution >= 0.6 is 0 Å². The molecule has 0 spiro atoms. The van der Waals surface area contributed by atoms with Crippen molar-refractivity contribution in [2.24, 2.45) is 0 Å². The van der Waals surface area contributed by atoms with Crippen LogP contribution in [-0.4, -0.2) is 38.3 Å². The third kappa shape index (κ3) is 1.98. The van der Waals surface area contributed by atoms with Gasteiger partial charge in [-0.25, -0.2) is 9.97 Å². The fourth-order valence-electron chi connectivity index (χ4n) is 2.01. The van der Waals surface area contributed by atoms with Crippen LogP contribution in [0.15, 0.2) is 23.1 Å². The Morgan fingerprint density at radius 2 is 2.39 bits per heavy atom. The first kappa shape index (κ1) is 11.2. The Kier molecular flexibility index (Phi) is 2.77. The lowest BCUT2D eigenvalue weighted by molar-refractivity contribution is -0.0167. The number of nitrogens with one attached hydrogen (secondary N) is 1. The summed E-state index contributed by atoms with van der Waals surface area (Å²) in [6, 6.07) is 1.69. The van der Waals surface area contributed by atoms with Crippen LogP contribution in [0.5, 0.6) is 0 Å². The van der Waals surface area contributed by atoms with Crippen LogP contribution in [0.4, 0.5) is 0 Å². The first-order chi connectivity index (χ1) is 8.78. The van der Waals surface area contributed by atoms with Crippen LogP contribution in [0, 0.1) is 0 Å². The Morgan fingerprint density at radius 1 is 1.44 bits per heavy atom. The summed E-state index contributed by atoms with van der Waals surface area (Å²) < 4.78 is 5.15. The van der Waals surface area contributed by atoms with Crippen molar-refractivity contribution in [1.82, 2.24) is 25.4 Å². The maximum atomic E-state index is 10.4. The molecule has 2 aromatic rings. The van der Waals surface area contributed by atoms with Crippen LogP contribution in [-0.2, 0) is 5.60 Å². The maximum absolute atomic E-state index is 10.4. The topological polar surface area (TPSA) is 97.0 Å². The fourth-order valence-corrected chi connectivity index (χ4v) is 2.01. The Hall–Kier alpha value is -1.86. The molecule has 0 amide bonds. The van der Waals surface area contributed by atoms with Crippen molar-refractivity contribution in [3.63, 3.8) is 0 Å². The normalized spacial score (nSPS) is 24.1. The van der Waals surface area contributed by atoms with E-state index in [2.05, 4.69) is 25.4 Å². The zero-order valence-electron chi connectivity index (χ0n) is 9.70. The van der Waals surface area contributed by atoms with Crippen LogP contribution in [0.2, 0.25) is 0 Å². The van der Waals surface area contributed by atoms with Gasteiger partial charge in [-0.3, -0.25) is 0 Å². The summed E-state index contributed by atoms with van der Waals surface area (Å²) in [5, 5.41) is 17.4. The minimum absolute atomic E-state index is 0.239. The summed E-state index contributed by atoms with van der Waals surface area (Å²) in [7, 11) is 0. The highest BCUT2D eigenvalue weighted by Crippen LogP contribution is 2.28. The highest BCUT2D eigenvalue weighted by atomic mass is 16.5. The molecule has 1 saturated heterocycles. The number of hydrogen-bond acceptors (Lipinski definition) is 7. The molecule has 1 unspecified atom stereocenters. The van der Waals surface area contributed by atoms with Gasteiger partial charge in [0.2, 0.25) is 5.82 Å². The van der Waals surface area contributed by atoms with Crippen molar-refractivity contribution in [1.29, 1.82) is 0 Å². The number of nitrogens with zero attached hydrogens (tertiary/aromatic N) is 4. The van der Waals surface area contributed by atoms with E-state index in [0.717, 1.165) is 13.0 Å². The van der Waals surface area contributed by atoms with E-state index in [1.807, 2.05) is 0 Å². The summed E-state index contributed by atoms with van der Waals surface area (Å²) in [6.45, 7) is 1.33. The second kappa shape index (κ2) is 4.43. The molecule has 0 aromatic carbocycles. The Labute approximate surface area is 103 Å². The highest BCUT2D eigenvalue weighted by molar-refractivity contribution is 5.46. The second-order valence-corrected chi connectivity index (χ2v) is 4.33. The molecule has 1 aliphatic rings. The molecular formula is C11H13N5O2. The summed E-state index contributed by atoms with van der Waals surface area (Å²) in [5.74, 6) is 0.606. The number of β-amino-alcohol motifs (C(OH)–C–C–N with tert-alkyl or cyclic N) is 1. The van der Waals surface area contributed by atoms with Crippen molar-refractivity contribution in [2.45, 2.75) is 18.4 Å². The minimum Gasteiger partial charge on any atom is -0.379 e. The van der Waals surface area contributed by atoms with E-state index in [1.165, 1.54) is 6.33 Å². The van der Waals surface area contributed by atoms with E-state index in [4.69, 9.17) is 4.52 Å². The zero-order valence-corrected chi connectivity index (χ0v) is 9.70. The molecule has 7 nitrogen and oxygen atoms in total. The number of rotatable bonds is 2. The van der Waals surface area contributed by atoms with E-state index in [9.17, 15) is 5.11 Å². The lowest BCUT2D eigenvalue weighted by Crippen LogP contribution is -2.43. The van der Waals surface area contributed by atoms with Gasteiger partial charge in [0.25, 0.3) is 5.89 Å². The zero-order chi connectivity index (χ0) is 12.4. The van der Waals surface area contributed by atoms with Crippen molar-refractivity contribution in [3.8, 4) is 11.5 Å². The average Bonchev–Trinajstić information content (AvgIpc) is 2.91. The summed E-state index contributed by atoms with van der Waals surface area (Å²) in [5.41, 5.74) is -0.497. The Morgan fingerprint density at radius 3 is 3.11 bits per heavy atom. The lowest BCUT2D eigenvalue weighted by atomic mass is 9.94. The molecule has 0 aliphatic carbocycles. The molecule has 7 heteroatoms. The molecule has 3 heterocycles. The van der Waals surface area contributed by atoms with Gasteiger partial charge in [0.05, 0.1) is 0 Å². The van der Waals surface area contributed by atoms with E-state index in [1.54, 1.807) is 12.3 Å². The smallest absolute Gasteiger partial charge is 0.260 e. The largest absolute Gasteiger partial charge is 0.379 e. The van der Waals surface area contributed by atoms with Crippen LogP contribution in [0.1, 0.15) is 18.7 Å².